The second-order valence-corrected chi connectivity index (χ2v) is 16.3. The van der Waals surface area contributed by atoms with Gasteiger partial charge in [-0.2, -0.15) is 10.1 Å². The topological polar surface area (TPSA) is 185 Å². The lowest BCUT2D eigenvalue weighted by Gasteiger charge is -2.41. The molecule has 3 aliphatic heterocycles. The minimum atomic E-state index is -1.09. The standard InChI is InChI=1S/C41H48ClFN12O5/c1-23(2)55-38-25(17-32(40(55)59)60-22-34(57)44-3)16-26(18-45-38)47-37-29(42)19-46-41(49-37)54-11-10-24(30(43)21-54)20-52-12-14-53(15-13-52)31-7-5-6-27-35(50-51(4)36(27)31)28-8-9-33(56)48-39(28)58/h5-7,16-19,23-24,28,30H,8-15,20-22H2,1-4H3,(H,44,57)(H,46,47,49)(H,48,56,58)/t24-,28?,30+/m0/s1. The number of piperazine rings is 1. The number of fused-ring (bicyclic) bond motifs is 2. The summed E-state index contributed by atoms with van der Waals surface area (Å²) in [6.07, 6.45) is 3.33. The van der Waals surface area contributed by atoms with Gasteiger partial charge in [0, 0.05) is 82.5 Å². The number of aryl methyl sites for hydroxylation is 1. The fraction of sp³-hybridized carbons (Fsp3) is 0.463. The molecule has 7 heterocycles. The SMILES string of the molecule is CNC(=O)COc1cc2cc(Nc3nc(N4CC[C@@H](CN5CCN(c6cccc7c(C8CCC(=O)NC8=O)nn(C)c67)CC5)[C@H](F)C4)ncc3Cl)cnc2n(C(C)C)c1=O. The highest BCUT2D eigenvalue weighted by Crippen LogP contribution is 2.36. The highest BCUT2D eigenvalue weighted by Gasteiger charge is 2.35. The summed E-state index contributed by atoms with van der Waals surface area (Å²) in [6.45, 7) is 7.86. The molecule has 0 spiro atoms. The molecule has 3 saturated heterocycles. The van der Waals surface area contributed by atoms with Gasteiger partial charge in [-0.25, -0.2) is 14.4 Å². The number of aromatic nitrogens is 6. The van der Waals surface area contributed by atoms with E-state index in [0.29, 0.717) is 66.5 Å². The van der Waals surface area contributed by atoms with Gasteiger partial charge in [-0.3, -0.25) is 38.6 Å². The number of nitrogens with one attached hydrogen (secondary N) is 3. The van der Waals surface area contributed by atoms with Crippen molar-refractivity contribution in [3.8, 4) is 5.75 Å². The number of rotatable bonds is 11. The normalized spacial score (nSPS) is 20.2. The number of carbonyl (C=O) groups excluding carboxylic acids is 3. The molecule has 3 amide bonds. The molecule has 1 unspecified atom stereocenters. The first-order valence-corrected chi connectivity index (χ1v) is 20.6. The lowest BCUT2D eigenvalue weighted by molar-refractivity contribution is -0.134. The molecule has 0 radical (unpaired) electrons. The van der Waals surface area contributed by atoms with Crippen LogP contribution in [0.25, 0.3) is 21.9 Å². The summed E-state index contributed by atoms with van der Waals surface area (Å²) < 4.78 is 24.9. The van der Waals surface area contributed by atoms with E-state index in [0.717, 1.165) is 42.8 Å². The zero-order chi connectivity index (χ0) is 42.2. The number of hydrogen-bond acceptors (Lipinski definition) is 13. The average molecular weight is 843 g/mol. The summed E-state index contributed by atoms with van der Waals surface area (Å²) in [5.41, 5.74) is 3.29. The van der Waals surface area contributed by atoms with Crippen LogP contribution in [0.2, 0.25) is 5.02 Å². The minimum Gasteiger partial charge on any atom is -0.478 e. The van der Waals surface area contributed by atoms with E-state index in [1.54, 1.807) is 18.3 Å². The van der Waals surface area contributed by atoms with Crippen molar-refractivity contribution >= 4 is 74.4 Å². The summed E-state index contributed by atoms with van der Waals surface area (Å²) in [5, 5.41) is 14.7. The highest BCUT2D eigenvalue weighted by molar-refractivity contribution is 6.33. The van der Waals surface area contributed by atoms with Gasteiger partial charge in [-0.1, -0.05) is 23.7 Å². The Balaban J connectivity index is 0.895. The number of benzene rings is 1. The van der Waals surface area contributed by atoms with Gasteiger partial charge in [0.2, 0.25) is 17.8 Å². The van der Waals surface area contributed by atoms with Crippen molar-refractivity contribution in [3.63, 3.8) is 0 Å². The summed E-state index contributed by atoms with van der Waals surface area (Å²) in [4.78, 5) is 69.7. The molecule has 3 aliphatic rings. The number of alkyl halides is 1. The fourth-order valence-electron chi connectivity index (χ4n) is 8.46. The van der Waals surface area contributed by atoms with E-state index in [4.69, 9.17) is 21.4 Å². The van der Waals surface area contributed by atoms with Gasteiger partial charge in [0.05, 0.1) is 47.4 Å². The van der Waals surface area contributed by atoms with Crippen molar-refractivity contribution < 1.29 is 23.5 Å². The van der Waals surface area contributed by atoms with Crippen molar-refractivity contribution in [1.82, 2.24) is 44.8 Å². The molecule has 3 fully saturated rings. The number of anilines is 4. The van der Waals surface area contributed by atoms with Gasteiger partial charge in [-0.15, -0.1) is 0 Å². The molecule has 0 saturated carbocycles. The maximum Gasteiger partial charge on any atom is 0.294 e. The maximum atomic E-state index is 16.0. The minimum absolute atomic E-state index is 0.0228. The second-order valence-electron chi connectivity index (χ2n) is 15.9. The van der Waals surface area contributed by atoms with Gasteiger partial charge in [0.25, 0.3) is 11.5 Å². The lowest BCUT2D eigenvalue weighted by atomic mass is 9.92. The molecule has 316 valence electrons. The second kappa shape index (κ2) is 17.0. The molecule has 5 aromatic rings. The van der Waals surface area contributed by atoms with E-state index in [1.807, 2.05) is 42.6 Å². The van der Waals surface area contributed by atoms with Crippen LogP contribution in [0.3, 0.4) is 0 Å². The molecule has 3 atom stereocenters. The van der Waals surface area contributed by atoms with Crippen LogP contribution in [-0.4, -0.2) is 118 Å². The molecule has 1 aromatic carbocycles. The summed E-state index contributed by atoms with van der Waals surface area (Å²) in [7, 11) is 3.38. The molecule has 0 aliphatic carbocycles. The fourth-order valence-corrected chi connectivity index (χ4v) is 8.59. The number of imide groups is 1. The predicted molar refractivity (Wildman–Crippen MR) is 226 cm³/mol. The van der Waals surface area contributed by atoms with Crippen LogP contribution in [0.15, 0.2) is 47.5 Å². The van der Waals surface area contributed by atoms with Crippen molar-refractivity contribution in [2.45, 2.75) is 51.2 Å². The van der Waals surface area contributed by atoms with Crippen molar-refractivity contribution in [2.24, 2.45) is 13.0 Å². The number of para-hydroxylation sites is 1. The number of pyridine rings is 2. The summed E-state index contributed by atoms with van der Waals surface area (Å²) in [5.74, 6) is -0.834. The summed E-state index contributed by atoms with van der Waals surface area (Å²) in [6, 6.07) is 9.17. The maximum absolute atomic E-state index is 16.0. The number of ether oxygens (including phenoxy) is 1. The van der Waals surface area contributed by atoms with Gasteiger partial charge in [0.1, 0.15) is 16.8 Å². The van der Waals surface area contributed by atoms with E-state index in [1.165, 1.54) is 17.8 Å². The van der Waals surface area contributed by atoms with Gasteiger partial charge >= 0.3 is 0 Å². The third kappa shape index (κ3) is 8.17. The molecule has 19 heteroatoms. The van der Waals surface area contributed by atoms with Crippen molar-refractivity contribution in [2.75, 3.05) is 74.6 Å². The molecule has 3 N–H and O–H groups in total. The number of nitrogens with zero attached hydrogens (tertiary/aromatic N) is 9. The average Bonchev–Trinajstić information content (AvgIpc) is 3.57. The van der Waals surface area contributed by atoms with Gasteiger partial charge < -0.3 is 25.2 Å². The van der Waals surface area contributed by atoms with Crippen molar-refractivity contribution in [1.29, 1.82) is 0 Å². The van der Waals surface area contributed by atoms with Crippen LogP contribution < -0.4 is 36.0 Å². The molecule has 60 heavy (non-hydrogen) atoms. The lowest BCUT2D eigenvalue weighted by Crippen LogP contribution is -2.51. The number of amides is 3. The van der Waals surface area contributed by atoms with E-state index >= 15 is 4.39 Å². The molecule has 0 bridgehead atoms. The van der Waals surface area contributed by atoms with E-state index in [9.17, 15) is 19.2 Å². The first kappa shape index (κ1) is 40.9. The predicted octanol–water partition coefficient (Wildman–Crippen LogP) is 3.68. The van der Waals surface area contributed by atoms with Crippen LogP contribution in [0.4, 0.5) is 27.5 Å². The van der Waals surface area contributed by atoms with Gasteiger partial charge in [-0.05, 0) is 44.9 Å². The Hall–Kier alpha value is -5.88. The number of halogens is 2. The highest BCUT2D eigenvalue weighted by atomic mass is 35.5. The Morgan fingerprint density at radius 3 is 2.58 bits per heavy atom. The zero-order valence-electron chi connectivity index (χ0n) is 34.0. The Morgan fingerprint density at radius 2 is 1.85 bits per heavy atom. The largest absolute Gasteiger partial charge is 0.478 e. The van der Waals surface area contributed by atoms with Crippen LogP contribution in [0.5, 0.6) is 5.75 Å². The zero-order valence-corrected chi connectivity index (χ0v) is 34.7. The monoisotopic (exact) mass is 842 g/mol. The quantitative estimate of drug-likeness (QED) is 0.164. The number of carbonyl (C=O) groups is 3. The van der Waals surface area contributed by atoms with E-state index < -0.39 is 17.6 Å². The number of hydrogen-bond donors (Lipinski definition) is 3. The van der Waals surface area contributed by atoms with Crippen molar-refractivity contribution in [3.05, 3.63) is 63.8 Å². The summed E-state index contributed by atoms with van der Waals surface area (Å²) >= 11 is 6.55. The molecule has 4 aromatic heterocycles. The Morgan fingerprint density at radius 1 is 1.05 bits per heavy atom. The van der Waals surface area contributed by atoms with Crippen LogP contribution in [0, 0.1) is 5.92 Å². The Kier molecular flexibility index (Phi) is 11.6. The number of likely N-dealkylation sites (N-methyl/N-ethyl adjacent to an activating group) is 1. The smallest absolute Gasteiger partial charge is 0.294 e. The van der Waals surface area contributed by atoms with Crippen LogP contribution in [-0.2, 0) is 21.4 Å². The van der Waals surface area contributed by atoms with Crippen LogP contribution in [0.1, 0.15) is 50.8 Å². The van der Waals surface area contributed by atoms with Crippen LogP contribution >= 0.6 is 11.6 Å². The van der Waals surface area contributed by atoms with Gasteiger partial charge in [0.15, 0.2) is 18.2 Å². The molecule has 17 nitrogen and oxygen atoms in total. The van der Waals surface area contributed by atoms with E-state index in [2.05, 4.69) is 46.8 Å². The third-order valence-electron chi connectivity index (χ3n) is 11.6. The number of piperidine rings is 2. The molecule has 8 rings (SSSR count). The molecular formula is C41H48ClFN12O5. The Labute approximate surface area is 350 Å². The first-order valence-electron chi connectivity index (χ1n) is 20.2. The molecular weight excluding hydrogens is 795 g/mol. The third-order valence-corrected chi connectivity index (χ3v) is 11.9. The van der Waals surface area contributed by atoms with E-state index in [-0.39, 0.29) is 53.6 Å². The first-order chi connectivity index (χ1) is 28.9. The Bertz CT molecular complexity index is 2520.